The standard InChI is InChI=1S/C65H90N12O9/c1-5-50(66-3)59(80)74-57-46(36-37-68-40-43-20-12-9-13-21-43)28-30-48-33-35-53(77(48)64(57)85)62(83)73-56(45-24-16-11-17-25-45)63(84)70-39-38-69-54(78)26-18-7-8-19-27-55(79)71-42-47-29-31-49-32-34-52(61(82)72-41-44-22-14-10-15-23-44)76(49)65(86)58(47)75-60(81)51(6-2)67-4/h9-17,20-25,46-53,56-58,66-68H,5-6,18-19,26-42H2,1-4H3,(H,69,78)(H,70,84)(H,71,79)(H,72,82)(H,73,83)(H,74,80)(H,75,81)/t46-,47-,48+,49+,50+,51+,52+,53+,56+,57+,58+/m1/s1. The topological polar surface area (TPSA) is 280 Å². The summed E-state index contributed by atoms with van der Waals surface area (Å²) in [6, 6.07) is 22.6. The molecule has 4 saturated heterocycles. The summed E-state index contributed by atoms with van der Waals surface area (Å²) in [4.78, 5) is 127. The lowest BCUT2D eigenvalue weighted by Crippen LogP contribution is -2.59. The molecule has 3 aromatic rings. The molecule has 0 aromatic heterocycles. The van der Waals surface area contributed by atoms with Crippen LogP contribution in [-0.2, 0) is 56.2 Å². The number of carbonyl (C=O) groups is 9. The van der Waals surface area contributed by atoms with E-state index in [4.69, 9.17) is 0 Å². The molecule has 9 amide bonds. The minimum atomic E-state index is -1.10. The van der Waals surface area contributed by atoms with Crippen molar-refractivity contribution in [2.45, 2.75) is 178 Å². The molecule has 21 heteroatoms. The number of likely N-dealkylation sites (N-methyl/N-ethyl adjacent to an activating group) is 2. The van der Waals surface area contributed by atoms with Crippen LogP contribution in [0.5, 0.6) is 0 Å². The fraction of sp³-hybridized carbons (Fsp3) is 0.554. The summed E-state index contributed by atoms with van der Waals surface area (Å²) in [5, 5.41) is 30.1. The third-order valence-corrected chi connectivity index (χ3v) is 17.3. The monoisotopic (exact) mass is 1180 g/mol. The summed E-state index contributed by atoms with van der Waals surface area (Å²) in [6.45, 7) is 5.73. The van der Waals surface area contributed by atoms with E-state index in [9.17, 15) is 43.2 Å². The molecule has 4 aliphatic rings. The van der Waals surface area contributed by atoms with Gasteiger partial charge in [0.05, 0.1) is 12.1 Å². The van der Waals surface area contributed by atoms with E-state index in [1.54, 1.807) is 54.2 Å². The van der Waals surface area contributed by atoms with Crippen LogP contribution >= 0.6 is 0 Å². The Hall–Kier alpha value is -7.67. The van der Waals surface area contributed by atoms with Crippen LogP contribution in [0, 0.1) is 23.7 Å². The molecule has 4 fully saturated rings. The molecule has 0 aliphatic carbocycles. The van der Waals surface area contributed by atoms with Gasteiger partial charge in [-0.2, -0.15) is 0 Å². The number of nitrogens with one attached hydrogen (secondary N) is 10. The highest BCUT2D eigenvalue weighted by molar-refractivity contribution is 5.97. The van der Waals surface area contributed by atoms with Crippen LogP contribution in [0.2, 0.25) is 0 Å². The molecular weight excluding hydrogens is 1090 g/mol. The van der Waals surface area contributed by atoms with Crippen LogP contribution in [0.1, 0.15) is 133 Å². The molecule has 10 N–H and O–H groups in total. The zero-order valence-electron chi connectivity index (χ0n) is 50.4. The SMILES string of the molecule is CC[C@H](NC)C(=O)N[C@@H]1C(=O)N2[C@@H](CC[C@@H]1CNC(=O)CCC#CCCC(=O)NCCNC(=O)[C@@H](NC(=O)[C@@H]1CC[C@@H]3CC[C@H](CCNCc4ccccc4)[C@H](NC(=O)[C@H](CC)NC)C(=O)N31)c1ccccc1)CC[C@H]2C(=O)NCc1ccccc1. The van der Waals surface area contributed by atoms with Crippen LogP contribution < -0.4 is 53.2 Å². The second-order valence-electron chi connectivity index (χ2n) is 22.9. The predicted molar refractivity (Wildman–Crippen MR) is 327 cm³/mol. The fourth-order valence-electron chi connectivity index (χ4n) is 12.5. The Balaban J connectivity index is 0.854. The maximum atomic E-state index is 14.7. The molecule has 0 radical (unpaired) electrons. The average Bonchev–Trinajstić information content (AvgIpc) is 2.19. The quantitative estimate of drug-likeness (QED) is 0.0355. The molecule has 3 aromatic carbocycles. The molecule has 11 atom stereocenters. The van der Waals surface area contributed by atoms with E-state index in [0.29, 0.717) is 95.8 Å². The van der Waals surface area contributed by atoms with E-state index >= 15 is 0 Å². The molecule has 4 aliphatic heterocycles. The van der Waals surface area contributed by atoms with Gasteiger partial charge in [0.2, 0.25) is 53.2 Å². The Morgan fingerprint density at radius 2 is 1.00 bits per heavy atom. The zero-order chi connectivity index (χ0) is 61.4. The molecule has 0 unspecified atom stereocenters. The summed E-state index contributed by atoms with van der Waals surface area (Å²) < 4.78 is 0. The molecule has 0 saturated carbocycles. The van der Waals surface area contributed by atoms with Gasteiger partial charge >= 0.3 is 0 Å². The number of fused-ring (bicyclic) bond motifs is 2. The first-order valence-electron chi connectivity index (χ1n) is 31.0. The van der Waals surface area contributed by atoms with Crippen LogP contribution in [-0.4, -0.2) is 152 Å². The van der Waals surface area contributed by atoms with Crippen molar-refractivity contribution in [2.75, 3.05) is 40.3 Å². The van der Waals surface area contributed by atoms with E-state index in [1.807, 2.05) is 74.5 Å². The van der Waals surface area contributed by atoms with Gasteiger partial charge in [0.1, 0.15) is 30.2 Å². The third-order valence-electron chi connectivity index (χ3n) is 17.3. The predicted octanol–water partition coefficient (Wildman–Crippen LogP) is 2.76. The minimum absolute atomic E-state index is 0.0675. The van der Waals surface area contributed by atoms with Crippen molar-refractivity contribution in [3.8, 4) is 11.8 Å². The highest BCUT2D eigenvalue weighted by Gasteiger charge is 2.50. The van der Waals surface area contributed by atoms with Gasteiger partial charge in [0.25, 0.3) is 0 Å². The summed E-state index contributed by atoms with van der Waals surface area (Å²) in [5.41, 5.74) is 2.63. The van der Waals surface area contributed by atoms with Crippen molar-refractivity contribution in [1.82, 2.24) is 63.0 Å². The largest absolute Gasteiger partial charge is 0.356 e. The van der Waals surface area contributed by atoms with Crippen LogP contribution in [0.3, 0.4) is 0 Å². The van der Waals surface area contributed by atoms with Gasteiger partial charge in [-0.1, -0.05) is 105 Å². The van der Waals surface area contributed by atoms with Gasteiger partial charge in [0.15, 0.2) is 0 Å². The lowest BCUT2D eigenvalue weighted by Gasteiger charge is -2.33. The maximum absolute atomic E-state index is 14.7. The van der Waals surface area contributed by atoms with Gasteiger partial charge < -0.3 is 63.0 Å². The molecule has 464 valence electrons. The molecule has 7 rings (SSSR count). The Kier molecular flexibility index (Phi) is 25.9. The summed E-state index contributed by atoms with van der Waals surface area (Å²) >= 11 is 0. The van der Waals surface area contributed by atoms with Crippen LogP contribution in [0.25, 0.3) is 0 Å². The van der Waals surface area contributed by atoms with E-state index in [-0.39, 0.29) is 105 Å². The average molecular weight is 1180 g/mol. The van der Waals surface area contributed by atoms with E-state index in [2.05, 4.69) is 65.0 Å². The van der Waals surface area contributed by atoms with Crippen molar-refractivity contribution in [2.24, 2.45) is 11.8 Å². The highest BCUT2D eigenvalue weighted by atomic mass is 16.2. The van der Waals surface area contributed by atoms with Gasteiger partial charge in [-0.3, -0.25) is 43.2 Å². The van der Waals surface area contributed by atoms with E-state index < -0.39 is 60.0 Å². The lowest BCUT2D eigenvalue weighted by molar-refractivity contribution is -0.144. The van der Waals surface area contributed by atoms with Crippen molar-refractivity contribution in [3.05, 3.63) is 108 Å². The highest BCUT2D eigenvalue weighted by Crippen LogP contribution is 2.37. The number of carbonyl (C=O) groups excluding carboxylic acids is 9. The number of benzene rings is 3. The molecule has 21 nitrogen and oxygen atoms in total. The van der Waals surface area contributed by atoms with Gasteiger partial charge in [-0.15, -0.1) is 11.8 Å². The molecular formula is C65H90N12O9. The Bertz CT molecular complexity index is 2810. The first-order chi connectivity index (χ1) is 41.7. The number of nitrogens with zero attached hydrogens (tertiary/aromatic N) is 2. The first-order valence-corrected chi connectivity index (χ1v) is 31.0. The van der Waals surface area contributed by atoms with Gasteiger partial charge in [-0.25, -0.2) is 0 Å². The molecule has 0 bridgehead atoms. The minimum Gasteiger partial charge on any atom is -0.356 e. The van der Waals surface area contributed by atoms with Gasteiger partial charge in [0, 0.05) is 76.4 Å². The fourth-order valence-corrected chi connectivity index (χ4v) is 12.5. The third kappa shape index (κ3) is 18.4. The number of hydrogen-bond acceptors (Lipinski definition) is 12. The molecule has 0 spiro atoms. The first kappa shape index (κ1) is 65.9. The lowest BCUT2D eigenvalue weighted by atomic mass is 9.90. The normalized spacial score (nSPS) is 22.7. The van der Waals surface area contributed by atoms with Crippen LogP contribution in [0.15, 0.2) is 91.0 Å². The Morgan fingerprint density at radius 1 is 0.523 bits per heavy atom. The Morgan fingerprint density at radius 3 is 1.55 bits per heavy atom. The Labute approximate surface area is 506 Å². The zero-order valence-corrected chi connectivity index (χ0v) is 50.4. The number of amides is 9. The van der Waals surface area contributed by atoms with E-state index in [0.717, 1.165) is 11.1 Å². The molecule has 86 heavy (non-hydrogen) atoms. The van der Waals surface area contributed by atoms with Gasteiger partial charge in [-0.05, 0) is 114 Å². The summed E-state index contributed by atoms with van der Waals surface area (Å²) in [6.07, 6.45) is 7.04. The molecule has 4 heterocycles. The second-order valence-corrected chi connectivity index (χ2v) is 22.9. The smallest absolute Gasteiger partial charge is 0.247 e. The summed E-state index contributed by atoms with van der Waals surface area (Å²) in [7, 11) is 3.40. The number of hydrogen-bond donors (Lipinski definition) is 10. The van der Waals surface area contributed by atoms with Crippen LogP contribution in [0.4, 0.5) is 0 Å². The van der Waals surface area contributed by atoms with Crippen molar-refractivity contribution >= 4 is 53.2 Å². The second kappa shape index (κ2) is 33.9. The van der Waals surface area contributed by atoms with Crippen molar-refractivity contribution in [1.29, 1.82) is 0 Å². The number of rotatable bonds is 29. The maximum Gasteiger partial charge on any atom is 0.247 e. The van der Waals surface area contributed by atoms with E-state index in [1.165, 1.54) is 0 Å². The summed E-state index contributed by atoms with van der Waals surface area (Å²) in [5.74, 6) is 2.37. The van der Waals surface area contributed by atoms with Crippen molar-refractivity contribution in [3.63, 3.8) is 0 Å². The van der Waals surface area contributed by atoms with Crippen molar-refractivity contribution < 1.29 is 43.2 Å².